The molecule has 0 aromatic heterocycles. The van der Waals surface area contributed by atoms with E-state index in [4.69, 9.17) is 21.1 Å². The Kier molecular flexibility index (Phi) is 6.64. The van der Waals surface area contributed by atoms with E-state index >= 15 is 0 Å². The van der Waals surface area contributed by atoms with E-state index in [9.17, 15) is 9.59 Å². The number of ether oxygens (including phenoxy) is 2. The Morgan fingerprint density at radius 2 is 1.73 bits per heavy atom. The highest BCUT2D eigenvalue weighted by Gasteiger charge is 2.19. The minimum atomic E-state index is -0.945. The van der Waals surface area contributed by atoms with Crippen molar-refractivity contribution in [1.29, 1.82) is 0 Å². The van der Waals surface area contributed by atoms with E-state index in [2.05, 4.69) is 5.32 Å². The molecule has 1 N–H and O–H groups in total. The maximum Gasteiger partial charge on any atom is 0.344 e. The molecule has 0 unspecified atom stereocenters. The van der Waals surface area contributed by atoms with Gasteiger partial charge in [0, 0.05) is 5.69 Å². The monoisotopic (exact) mass is 375 g/mol. The Morgan fingerprint density at radius 1 is 1.08 bits per heavy atom. The van der Waals surface area contributed by atoms with Gasteiger partial charge >= 0.3 is 5.97 Å². The zero-order valence-corrected chi connectivity index (χ0v) is 16.0. The van der Waals surface area contributed by atoms with Gasteiger partial charge in [0.05, 0.1) is 5.02 Å². The van der Waals surface area contributed by atoms with Gasteiger partial charge in [-0.15, -0.1) is 0 Å². The molecule has 2 aromatic rings. The van der Waals surface area contributed by atoms with Crippen LogP contribution >= 0.6 is 11.6 Å². The van der Waals surface area contributed by atoms with Crippen LogP contribution in [0.1, 0.15) is 23.6 Å². The number of esters is 1. The summed E-state index contributed by atoms with van der Waals surface area (Å²) < 4.78 is 10.5. The first kappa shape index (κ1) is 19.8. The van der Waals surface area contributed by atoms with Crippen LogP contribution in [0.3, 0.4) is 0 Å². The maximum absolute atomic E-state index is 12.2. The van der Waals surface area contributed by atoms with Crippen molar-refractivity contribution in [3.8, 4) is 5.75 Å². The molecular weight excluding hydrogens is 354 g/mol. The Morgan fingerprint density at radius 3 is 2.46 bits per heavy atom. The topological polar surface area (TPSA) is 64.6 Å². The molecule has 6 heteroatoms. The largest absolute Gasteiger partial charge is 0.480 e. The van der Waals surface area contributed by atoms with Gasteiger partial charge in [0.15, 0.2) is 12.7 Å². The van der Waals surface area contributed by atoms with Gasteiger partial charge in [0.1, 0.15) is 5.75 Å². The summed E-state index contributed by atoms with van der Waals surface area (Å²) in [6, 6.07) is 11.0. The minimum Gasteiger partial charge on any atom is -0.480 e. The Balaban J connectivity index is 1.88. The quantitative estimate of drug-likeness (QED) is 0.768. The van der Waals surface area contributed by atoms with Crippen molar-refractivity contribution in [2.24, 2.45) is 0 Å². The average molecular weight is 376 g/mol. The summed E-state index contributed by atoms with van der Waals surface area (Å²) in [5.74, 6) is -0.650. The second kappa shape index (κ2) is 8.72. The molecule has 2 aromatic carbocycles. The SMILES string of the molecule is Cc1ccc(C)c(NC(=O)[C@@H](C)OC(=O)COc2cc(C)ccc2Cl)c1. The lowest BCUT2D eigenvalue weighted by atomic mass is 10.1. The van der Waals surface area contributed by atoms with E-state index in [1.54, 1.807) is 12.1 Å². The normalized spacial score (nSPS) is 11.6. The predicted octanol–water partition coefficient (Wildman–Crippen LogP) is 4.21. The number of anilines is 1. The minimum absolute atomic E-state index is 0.329. The molecule has 0 aliphatic rings. The molecule has 0 aliphatic carbocycles. The fourth-order valence-electron chi connectivity index (χ4n) is 2.25. The summed E-state index contributed by atoms with van der Waals surface area (Å²) in [4.78, 5) is 24.2. The van der Waals surface area contributed by atoms with Crippen LogP contribution in [0.5, 0.6) is 5.75 Å². The molecule has 0 saturated heterocycles. The number of rotatable bonds is 6. The van der Waals surface area contributed by atoms with Crippen molar-refractivity contribution in [3.05, 3.63) is 58.1 Å². The van der Waals surface area contributed by atoms with Crippen molar-refractivity contribution in [3.63, 3.8) is 0 Å². The number of nitrogens with one attached hydrogen (secondary N) is 1. The van der Waals surface area contributed by atoms with Crippen molar-refractivity contribution in [2.75, 3.05) is 11.9 Å². The molecule has 0 saturated carbocycles. The molecule has 0 spiro atoms. The Labute approximate surface area is 158 Å². The summed E-state index contributed by atoms with van der Waals surface area (Å²) in [6.45, 7) is 6.90. The van der Waals surface area contributed by atoms with Gasteiger partial charge in [0.25, 0.3) is 5.91 Å². The average Bonchev–Trinajstić information content (AvgIpc) is 2.58. The Bertz CT molecular complexity index is 819. The lowest BCUT2D eigenvalue weighted by molar-refractivity contribution is -0.155. The fraction of sp³-hybridized carbons (Fsp3) is 0.300. The molecule has 0 bridgehead atoms. The van der Waals surface area contributed by atoms with Crippen molar-refractivity contribution >= 4 is 29.2 Å². The smallest absolute Gasteiger partial charge is 0.344 e. The van der Waals surface area contributed by atoms with Crippen LogP contribution in [0.2, 0.25) is 5.02 Å². The third-order valence-corrected chi connectivity index (χ3v) is 4.07. The van der Waals surface area contributed by atoms with Crippen molar-refractivity contribution in [1.82, 2.24) is 0 Å². The fourth-order valence-corrected chi connectivity index (χ4v) is 2.42. The first-order valence-electron chi connectivity index (χ1n) is 8.23. The van der Waals surface area contributed by atoms with E-state index < -0.39 is 18.0 Å². The number of amides is 1. The van der Waals surface area contributed by atoms with Gasteiger partial charge in [-0.1, -0.05) is 29.8 Å². The molecule has 0 radical (unpaired) electrons. The maximum atomic E-state index is 12.2. The summed E-state index contributed by atoms with van der Waals surface area (Å²) in [5.41, 5.74) is 3.61. The number of hydrogen-bond donors (Lipinski definition) is 1. The first-order valence-corrected chi connectivity index (χ1v) is 8.60. The number of halogens is 1. The number of benzene rings is 2. The molecule has 5 nitrogen and oxygen atoms in total. The number of carbonyl (C=O) groups is 2. The molecule has 26 heavy (non-hydrogen) atoms. The highest BCUT2D eigenvalue weighted by molar-refractivity contribution is 6.32. The van der Waals surface area contributed by atoms with Crippen molar-refractivity contribution in [2.45, 2.75) is 33.8 Å². The second-order valence-corrected chi connectivity index (χ2v) is 6.57. The molecule has 0 aliphatic heterocycles. The van der Waals surface area contributed by atoms with Crippen LogP contribution in [-0.2, 0) is 14.3 Å². The molecule has 1 amide bonds. The van der Waals surface area contributed by atoms with Gasteiger partial charge in [-0.3, -0.25) is 4.79 Å². The van der Waals surface area contributed by atoms with Gasteiger partial charge in [-0.2, -0.15) is 0 Å². The summed E-state index contributed by atoms with van der Waals surface area (Å²) >= 11 is 6.01. The molecule has 0 heterocycles. The number of aryl methyl sites for hydroxylation is 3. The van der Waals surface area contributed by atoms with Crippen LogP contribution in [0.15, 0.2) is 36.4 Å². The number of carbonyl (C=O) groups excluding carboxylic acids is 2. The third-order valence-electron chi connectivity index (χ3n) is 3.76. The molecule has 1 atom stereocenters. The predicted molar refractivity (Wildman–Crippen MR) is 102 cm³/mol. The lowest BCUT2D eigenvalue weighted by Gasteiger charge is -2.15. The molecule has 2 rings (SSSR count). The zero-order chi connectivity index (χ0) is 19.3. The van der Waals surface area contributed by atoms with E-state index in [1.165, 1.54) is 6.92 Å². The second-order valence-electron chi connectivity index (χ2n) is 6.16. The molecular formula is C20H22ClNO4. The highest BCUT2D eigenvalue weighted by atomic mass is 35.5. The van der Waals surface area contributed by atoms with Gasteiger partial charge in [0.2, 0.25) is 0 Å². The first-order chi connectivity index (χ1) is 12.3. The summed E-state index contributed by atoms with van der Waals surface area (Å²) in [6.07, 6.45) is -0.945. The number of hydrogen-bond acceptors (Lipinski definition) is 4. The van der Waals surface area contributed by atoms with Gasteiger partial charge < -0.3 is 14.8 Å². The third kappa shape index (κ3) is 5.49. The van der Waals surface area contributed by atoms with Crippen LogP contribution < -0.4 is 10.1 Å². The summed E-state index contributed by atoms with van der Waals surface area (Å²) in [7, 11) is 0. The van der Waals surface area contributed by atoms with E-state index in [0.29, 0.717) is 16.5 Å². The van der Waals surface area contributed by atoms with E-state index in [0.717, 1.165) is 16.7 Å². The summed E-state index contributed by atoms with van der Waals surface area (Å²) in [5, 5.41) is 3.18. The lowest BCUT2D eigenvalue weighted by Crippen LogP contribution is -2.31. The van der Waals surface area contributed by atoms with Crippen LogP contribution in [0.4, 0.5) is 5.69 Å². The van der Waals surface area contributed by atoms with Crippen LogP contribution in [-0.4, -0.2) is 24.6 Å². The van der Waals surface area contributed by atoms with Crippen molar-refractivity contribution < 1.29 is 19.1 Å². The van der Waals surface area contributed by atoms with Gasteiger partial charge in [-0.05, 0) is 62.6 Å². The highest BCUT2D eigenvalue weighted by Crippen LogP contribution is 2.25. The Hall–Kier alpha value is -2.53. The zero-order valence-electron chi connectivity index (χ0n) is 15.3. The van der Waals surface area contributed by atoms with Gasteiger partial charge in [-0.25, -0.2) is 4.79 Å². The molecule has 138 valence electrons. The van der Waals surface area contributed by atoms with Crippen LogP contribution in [0.25, 0.3) is 0 Å². The van der Waals surface area contributed by atoms with E-state index in [-0.39, 0.29) is 6.61 Å². The standard InChI is InChI=1S/C20H22ClNO4/c1-12-5-7-14(3)17(9-12)22-20(24)15(4)26-19(23)11-25-18-10-13(2)6-8-16(18)21/h5-10,15H,11H2,1-4H3,(H,22,24)/t15-/m1/s1. The van der Waals surface area contributed by atoms with Crippen LogP contribution in [0, 0.1) is 20.8 Å². The van der Waals surface area contributed by atoms with E-state index in [1.807, 2.05) is 45.0 Å². The molecule has 0 fully saturated rings.